The second kappa shape index (κ2) is 5.46. The fourth-order valence-corrected chi connectivity index (χ4v) is 2.11. The summed E-state index contributed by atoms with van der Waals surface area (Å²) in [7, 11) is 0. The molecule has 1 aromatic carbocycles. The van der Waals surface area contributed by atoms with Crippen LogP contribution in [0.1, 0.15) is 12.0 Å². The summed E-state index contributed by atoms with van der Waals surface area (Å²) in [5.74, 6) is 0.128. The van der Waals surface area contributed by atoms with Crippen LogP contribution in [0.4, 0.5) is 0 Å². The molecule has 0 saturated carbocycles. The largest absolute Gasteiger partial charge is 0.353 e. The number of hydrogen-bond donors (Lipinski definition) is 2. The summed E-state index contributed by atoms with van der Waals surface area (Å²) < 4.78 is 1.09. The lowest BCUT2D eigenvalue weighted by Crippen LogP contribution is -2.52. The Labute approximate surface area is 104 Å². The molecule has 1 aromatic rings. The highest BCUT2D eigenvalue weighted by Crippen LogP contribution is 2.12. The van der Waals surface area contributed by atoms with Crippen molar-refractivity contribution in [3.8, 4) is 0 Å². The van der Waals surface area contributed by atoms with Crippen LogP contribution in [0, 0.1) is 0 Å². The van der Waals surface area contributed by atoms with Gasteiger partial charge in [0.15, 0.2) is 0 Å². The van der Waals surface area contributed by atoms with Crippen LogP contribution in [0.5, 0.6) is 0 Å². The second-order valence-electron chi connectivity index (χ2n) is 3.96. The van der Waals surface area contributed by atoms with E-state index in [1.54, 1.807) is 0 Å². The molecule has 1 amide bonds. The van der Waals surface area contributed by atoms with Crippen molar-refractivity contribution < 1.29 is 4.79 Å². The molecule has 0 spiro atoms. The zero-order valence-electron chi connectivity index (χ0n) is 9.00. The number of amides is 1. The summed E-state index contributed by atoms with van der Waals surface area (Å²) in [4.78, 5) is 11.5. The summed E-state index contributed by atoms with van der Waals surface area (Å²) in [6.45, 7) is 1.62. The molecule has 4 heteroatoms. The van der Waals surface area contributed by atoms with E-state index < -0.39 is 0 Å². The Morgan fingerprint density at radius 2 is 2.00 bits per heavy atom. The molecule has 1 aliphatic rings. The van der Waals surface area contributed by atoms with Gasteiger partial charge in [0, 0.05) is 17.6 Å². The molecule has 16 heavy (non-hydrogen) atoms. The van der Waals surface area contributed by atoms with Crippen LogP contribution in [0.25, 0.3) is 0 Å². The molecule has 0 radical (unpaired) electrons. The van der Waals surface area contributed by atoms with Gasteiger partial charge in [0.05, 0.1) is 6.04 Å². The summed E-state index contributed by atoms with van der Waals surface area (Å²) in [6.07, 6.45) is 1.78. The highest BCUT2D eigenvalue weighted by molar-refractivity contribution is 9.10. The van der Waals surface area contributed by atoms with Gasteiger partial charge in [0.2, 0.25) is 5.91 Å². The van der Waals surface area contributed by atoms with E-state index in [9.17, 15) is 4.79 Å². The minimum Gasteiger partial charge on any atom is -0.353 e. The molecule has 1 fully saturated rings. The van der Waals surface area contributed by atoms with Crippen molar-refractivity contribution in [3.63, 3.8) is 0 Å². The molecular formula is C12H15BrN2O. The number of carbonyl (C=O) groups excluding carboxylic acids is 1. The van der Waals surface area contributed by atoms with Gasteiger partial charge in [0.25, 0.3) is 0 Å². The number of carbonyl (C=O) groups is 1. The Bertz CT molecular complexity index is 364. The van der Waals surface area contributed by atoms with E-state index in [2.05, 4.69) is 38.7 Å². The first-order chi connectivity index (χ1) is 7.75. The van der Waals surface area contributed by atoms with E-state index in [0.717, 1.165) is 30.4 Å². The normalized spacial score (nSPS) is 20.6. The SMILES string of the molecule is O=C1NCCNC1CCc1ccc(Br)cc1. The van der Waals surface area contributed by atoms with Gasteiger partial charge < -0.3 is 10.6 Å². The molecule has 1 unspecified atom stereocenters. The second-order valence-corrected chi connectivity index (χ2v) is 4.88. The number of rotatable bonds is 3. The van der Waals surface area contributed by atoms with Gasteiger partial charge >= 0.3 is 0 Å². The average Bonchev–Trinajstić information content (AvgIpc) is 2.30. The molecule has 3 nitrogen and oxygen atoms in total. The number of hydrogen-bond acceptors (Lipinski definition) is 2. The molecule has 1 saturated heterocycles. The van der Waals surface area contributed by atoms with Crippen LogP contribution in [-0.2, 0) is 11.2 Å². The maximum atomic E-state index is 11.5. The maximum absolute atomic E-state index is 11.5. The highest BCUT2D eigenvalue weighted by atomic mass is 79.9. The maximum Gasteiger partial charge on any atom is 0.237 e. The molecule has 0 aliphatic carbocycles. The third-order valence-corrected chi connectivity index (χ3v) is 3.30. The Morgan fingerprint density at radius 1 is 1.25 bits per heavy atom. The lowest BCUT2D eigenvalue weighted by molar-refractivity contribution is -0.124. The van der Waals surface area contributed by atoms with Gasteiger partial charge in [-0.05, 0) is 30.5 Å². The smallest absolute Gasteiger partial charge is 0.237 e. The van der Waals surface area contributed by atoms with Crippen molar-refractivity contribution in [2.45, 2.75) is 18.9 Å². The molecule has 0 aromatic heterocycles. The number of nitrogens with one attached hydrogen (secondary N) is 2. The molecule has 1 aliphatic heterocycles. The number of aryl methyl sites for hydroxylation is 1. The van der Waals surface area contributed by atoms with Gasteiger partial charge in [-0.2, -0.15) is 0 Å². The first kappa shape index (κ1) is 11.6. The standard InChI is InChI=1S/C12H15BrN2O/c13-10-4-1-9(2-5-10)3-6-11-12(16)15-8-7-14-11/h1-2,4-5,11,14H,3,6-8H2,(H,15,16). The van der Waals surface area contributed by atoms with Crippen molar-refractivity contribution in [1.82, 2.24) is 10.6 Å². The number of piperazine rings is 1. The monoisotopic (exact) mass is 282 g/mol. The van der Waals surface area contributed by atoms with Gasteiger partial charge in [-0.3, -0.25) is 4.79 Å². The molecule has 2 rings (SSSR count). The van der Waals surface area contributed by atoms with Crippen LogP contribution in [0.15, 0.2) is 28.7 Å². The summed E-state index contributed by atoms with van der Waals surface area (Å²) in [6, 6.07) is 8.21. The molecular weight excluding hydrogens is 268 g/mol. The Kier molecular flexibility index (Phi) is 3.96. The van der Waals surface area contributed by atoms with Gasteiger partial charge in [-0.1, -0.05) is 28.1 Å². The lowest BCUT2D eigenvalue weighted by atomic mass is 10.0. The predicted molar refractivity (Wildman–Crippen MR) is 67.3 cm³/mol. The van der Waals surface area contributed by atoms with Crippen LogP contribution in [0.2, 0.25) is 0 Å². The molecule has 86 valence electrons. The zero-order valence-corrected chi connectivity index (χ0v) is 10.6. The fourth-order valence-electron chi connectivity index (χ4n) is 1.84. The van der Waals surface area contributed by atoms with E-state index in [1.165, 1.54) is 5.56 Å². The van der Waals surface area contributed by atoms with E-state index >= 15 is 0 Å². The molecule has 1 heterocycles. The Morgan fingerprint density at radius 3 is 2.69 bits per heavy atom. The number of benzene rings is 1. The van der Waals surface area contributed by atoms with Crippen molar-refractivity contribution >= 4 is 21.8 Å². The zero-order chi connectivity index (χ0) is 11.4. The van der Waals surface area contributed by atoms with Crippen molar-refractivity contribution in [2.75, 3.05) is 13.1 Å². The fraction of sp³-hybridized carbons (Fsp3) is 0.417. The van der Waals surface area contributed by atoms with E-state index in [0.29, 0.717) is 0 Å². The van der Waals surface area contributed by atoms with Crippen molar-refractivity contribution in [3.05, 3.63) is 34.3 Å². The van der Waals surface area contributed by atoms with Gasteiger partial charge in [-0.25, -0.2) is 0 Å². The topological polar surface area (TPSA) is 41.1 Å². The van der Waals surface area contributed by atoms with Crippen LogP contribution < -0.4 is 10.6 Å². The van der Waals surface area contributed by atoms with E-state index in [4.69, 9.17) is 0 Å². The third-order valence-electron chi connectivity index (χ3n) is 2.77. The van der Waals surface area contributed by atoms with Gasteiger partial charge in [0.1, 0.15) is 0 Å². The van der Waals surface area contributed by atoms with Crippen LogP contribution in [0.3, 0.4) is 0 Å². The first-order valence-corrected chi connectivity index (χ1v) is 6.30. The van der Waals surface area contributed by atoms with Crippen molar-refractivity contribution in [1.29, 1.82) is 0 Å². The molecule has 2 N–H and O–H groups in total. The first-order valence-electron chi connectivity index (χ1n) is 5.51. The van der Waals surface area contributed by atoms with Gasteiger partial charge in [-0.15, -0.1) is 0 Å². The minimum absolute atomic E-state index is 0.0302. The third kappa shape index (κ3) is 3.06. The van der Waals surface area contributed by atoms with E-state index in [1.807, 2.05) is 12.1 Å². The van der Waals surface area contributed by atoms with Crippen LogP contribution >= 0.6 is 15.9 Å². The molecule has 1 atom stereocenters. The number of halogens is 1. The Hall–Kier alpha value is -0.870. The van der Waals surface area contributed by atoms with E-state index in [-0.39, 0.29) is 11.9 Å². The quantitative estimate of drug-likeness (QED) is 0.882. The van der Waals surface area contributed by atoms with Crippen molar-refractivity contribution in [2.24, 2.45) is 0 Å². The molecule has 0 bridgehead atoms. The predicted octanol–water partition coefficient (Wildman–Crippen LogP) is 1.47. The average molecular weight is 283 g/mol. The highest BCUT2D eigenvalue weighted by Gasteiger charge is 2.20. The lowest BCUT2D eigenvalue weighted by Gasteiger charge is -2.23. The Balaban J connectivity index is 1.86. The summed E-state index contributed by atoms with van der Waals surface area (Å²) in [5, 5.41) is 6.10. The minimum atomic E-state index is -0.0302. The van der Waals surface area contributed by atoms with Crippen LogP contribution in [-0.4, -0.2) is 25.0 Å². The summed E-state index contributed by atoms with van der Waals surface area (Å²) in [5.41, 5.74) is 1.27. The summed E-state index contributed by atoms with van der Waals surface area (Å²) >= 11 is 3.41.